The van der Waals surface area contributed by atoms with Crippen LogP contribution in [0.2, 0.25) is 0 Å². The van der Waals surface area contributed by atoms with E-state index in [4.69, 9.17) is 0 Å². The molecule has 144 valence electrons. The molecule has 0 bridgehead atoms. The number of para-hydroxylation sites is 1. The number of hydrogen-bond acceptors (Lipinski definition) is 3. The minimum Gasteiger partial charge on any atom is -0.350 e. The topological polar surface area (TPSA) is 76.0 Å². The molecule has 1 aromatic heterocycles. The lowest BCUT2D eigenvalue weighted by Gasteiger charge is -2.08. The first-order valence-electron chi connectivity index (χ1n) is 8.86. The van der Waals surface area contributed by atoms with Gasteiger partial charge in [-0.15, -0.1) is 0 Å². The van der Waals surface area contributed by atoms with Crippen molar-refractivity contribution < 1.29 is 14.0 Å². The van der Waals surface area contributed by atoms with Crippen LogP contribution in [0.25, 0.3) is 5.69 Å². The van der Waals surface area contributed by atoms with Gasteiger partial charge in [0.05, 0.1) is 17.9 Å². The molecule has 0 atom stereocenters. The second-order valence-corrected chi connectivity index (χ2v) is 6.36. The summed E-state index contributed by atoms with van der Waals surface area (Å²) < 4.78 is 14.7. The summed E-state index contributed by atoms with van der Waals surface area (Å²) in [6, 6.07) is 14.9. The summed E-state index contributed by atoms with van der Waals surface area (Å²) in [5.74, 6) is -1.17. The molecule has 3 rings (SSSR count). The Morgan fingerprint density at radius 2 is 1.68 bits per heavy atom. The van der Waals surface area contributed by atoms with E-state index in [0.29, 0.717) is 12.1 Å². The second kappa shape index (κ2) is 8.47. The number of nitrogens with zero attached hydrogens (tertiary/aromatic N) is 2. The third kappa shape index (κ3) is 4.43. The highest BCUT2D eigenvalue weighted by Gasteiger charge is 2.14. The molecule has 0 unspecified atom stereocenters. The Labute approximate surface area is 162 Å². The fourth-order valence-corrected chi connectivity index (χ4v) is 2.86. The van der Waals surface area contributed by atoms with E-state index in [9.17, 15) is 14.0 Å². The van der Waals surface area contributed by atoms with E-state index in [-0.39, 0.29) is 12.5 Å². The molecule has 0 saturated carbocycles. The minimum atomic E-state index is -0.431. The first kappa shape index (κ1) is 19.3. The molecule has 0 fully saturated rings. The lowest BCUT2D eigenvalue weighted by molar-refractivity contribution is -0.120. The van der Waals surface area contributed by atoms with E-state index >= 15 is 0 Å². The van der Waals surface area contributed by atoms with Gasteiger partial charge in [0.2, 0.25) is 5.91 Å². The minimum absolute atomic E-state index is 0.166. The summed E-state index contributed by atoms with van der Waals surface area (Å²) in [7, 11) is 0. The number of aromatic nitrogens is 2. The van der Waals surface area contributed by atoms with Crippen molar-refractivity contribution in [2.24, 2.45) is 0 Å². The summed E-state index contributed by atoms with van der Waals surface area (Å²) >= 11 is 0. The summed E-state index contributed by atoms with van der Waals surface area (Å²) in [6.07, 6.45) is 0. The van der Waals surface area contributed by atoms with Gasteiger partial charge < -0.3 is 10.6 Å². The number of nitrogens with one attached hydrogen (secondary N) is 2. The predicted octanol–water partition coefficient (Wildman–Crippen LogP) is 2.67. The zero-order chi connectivity index (χ0) is 20.1. The molecule has 28 heavy (non-hydrogen) atoms. The van der Waals surface area contributed by atoms with Crippen molar-refractivity contribution in [2.75, 3.05) is 6.54 Å². The smallest absolute Gasteiger partial charge is 0.251 e. The molecule has 0 radical (unpaired) electrons. The van der Waals surface area contributed by atoms with E-state index in [0.717, 1.165) is 22.6 Å². The van der Waals surface area contributed by atoms with Gasteiger partial charge in [0.25, 0.3) is 5.91 Å². The number of rotatable bonds is 6. The fraction of sp³-hybridized carbons (Fsp3) is 0.190. The normalized spacial score (nSPS) is 10.5. The highest BCUT2D eigenvalue weighted by atomic mass is 19.1. The zero-order valence-corrected chi connectivity index (χ0v) is 15.7. The maximum absolute atomic E-state index is 12.9. The molecule has 0 spiro atoms. The van der Waals surface area contributed by atoms with Gasteiger partial charge in [0, 0.05) is 23.4 Å². The Hall–Kier alpha value is -3.48. The summed E-state index contributed by atoms with van der Waals surface area (Å²) in [6.45, 7) is 3.99. The van der Waals surface area contributed by atoms with Crippen LogP contribution in [0.4, 0.5) is 4.39 Å². The molecule has 2 N–H and O–H groups in total. The van der Waals surface area contributed by atoms with Gasteiger partial charge in [0.15, 0.2) is 0 Å². The summed E-state index contributed by atoms with van der Waals surface area (Å²) in [5.41, 5.74) is 3.95. The van der Waals surface area contributed by atoms with Crippen molar-refractivity contribution in [1.29, 1.82) is 0 Å². The largest absolute Gasteiger partial charge is 0.350 e. The number of halogens is 1. The van der Waals surface area contributed by atoms with Crippen molar-refractivity contribution in [3.05, 3.63) is 82.9 Å². The van der Waals surface area contributed by atoms with E-state index in [1.54, 1.807) is 0 Å². The maximum Gasteiger partial charge on any atom is 0.251 e. The molecule has 6 nitrogen and oxygen atoms in total. The van der Waals surface area contributed by atoms with E-state index in [1.165, 1.54) is 24.3 Å². The van der Waals surface area contributed by atoms with Gasteiger partial charge in [-0.2, -0.15) is 5.10 Å². The third-order valence-corrected chi connectivity index (χ3v) is 4.42. The highest BCUT2D eigenvalue weighted by molar-refractivity contribution is 5.96. The molecule has 0 aliphatic carbocycles. The molecule has 2 amide bonds. The number of hydrogen-bond donors (Lipinski definition) is 2. The van der Waals surface area contributed by atoms with Crippen LogP contribution in [0, 0.1) is 19.7 Å². The van der Waals surface area contributed by atoms with Gasteiger partial charge in [0.1, 0.15) is 5.82 Å². The number of aryl methyl sites for hydroxylation is 1. The van der Waals surface area contributed by atoms with Crippen molar-refractivity contribution >= 4 is 11.8 Å². The Bertz CT molecular complexity index is 982. The Balaban J connectivity index is 1.57. The Morgan fingerprint density at radius 1 is 1.00 bits per heavy atom. The molecule has 2 aromatic carbocycles. The number of amides is 2. The average molecular weight is 380 g/mol. The van der Waals surface area contributed by atoms with Crippen LogP contribution in [0.5, 0.6) is 0 Å². The van der Waals surface area contributed by atoms with Crippen molar-refractivity contribution in [3.8, 4) is 5.69 Å². The first-order chi connectivity index (χ1) is 13.5. The Kier molecular flexibility index (Phi) is 5.84. The monoisotopic (exact) mass is 380 g/mol. The van der Waals surface area contributed by atoms with E-state index in [1.807, 2.05) is 48.9 Å². The zero-order valence-electron chi connectivity index (χ0n) is 15.7. The van der Waals surface area contributed by atoms with Crippen LogP contribution < -0.4 is 10.6 Å². The van der Waals surface area contributed by atoms with Crippen LogP contribution in [0.1, 0.15) is 27.3 Å². The maximum atomic E-state index is 12.9. The molecule has 0 aliphatic rings. The Morgan fingerprint density at radius 3 is 2.36 bits per heavy atom. The van der Waals surface area contributed by atoms with Gasteiger partial charge in [-0.05, 0) is 50.2 Å². The summed E-state index contributed by atoms with van der Waals surface area (Å²) in [5, 5.41) is 9.86. The molecule has 7 heteroatoms. The van der Waals surface area contributed by atoms with Crippen LogP contribution in [-0.2, 0) is 11.3 Å². The number of carbonyl (C=O) groups excluding carboxylic acids is 2. The molecular formula is C21H21FN4O2. The van der Waals surface area contributed by atoms with Crippen molar-refractivity contribution in [1.82, 2.24) is 20.4 Å². The summed E-state index contributed by atoms with van der Waals surface area (Å²) in [4.78, 5) is 24.1. The van der Waals surface area contributed by atoms with Crippen LogP contribution in [-0.4, -0.2) is 28.1 Å². The molecule has 0 aliphatic heterocycles. The quantitative estimate of drug-likeness (QED) is 0.690. The van der Waals surface area contributed by atoms with Crippen LogP contribution >= 0.6 is 0 Å². The van der Waals surface area contributed by atoms with Gasteiger partial charge in [-0.1, -0.05) is 18.2 Å². The standard InChI is InChI=1S/C21H21FN4O2/c1-14-19(15(2)26(25-14)18-6-4-3-5-7-18)12-23-20(27)13-24-21(28)16-8-10-17(22)11-9-16/h3-11H,12-13H2,1-2H3,(H,23,27)(H,24,28). The number of benzene rings is 2. The lowest BCUT2D eigenvalue weighted by atomic mass is 10.2. The third-order valence-electron chi connectivity index (χ3n) is 4.42. The van der Waals surface area contributed by atoms with Gasteiger partial charge in [-0.3, -0.25) is 9.59 Å². The van der Waals surface area contributed by atoms with Crippen LogP contribution in [0.3, 0.4) is 0 Å². The second-order valence-electron chi connectivity index (χ2n) is 6.36. The van der Waals surface area contributed by atoms with Gasteiger partial charge >= 0.3 is 0 Å². The average Bonchev–Trinajstić information content (AvgIpc) is 2.99. The van der Waals surface area contributed by atoms with Gasteiger partial charge in [-0.25, -0.2) is 9.07 Å². The van der Waals surface area contributed by atoms with Crippen molar-refractivity contribution in [3.63, 3.8) is 0 Å². The first-order valence-corrected chi connectivity index (χ1v) is 8.86. The SMILES string of the molecule is Cc1nn(-c2ccccc2)c(C)c1CNC(=O)CNC(=O)c1ccc(F)cc1. The fourth-order valence-electron chi connectivity index (χ4n) is 2.86. The molecule has 1 heterocycles. The number of carbonyl (C=O) groups is 2. The van der Waals surface area contributed by atoms with E-state index < -0.39 is 11.7 Å². The lowest BCUT2D eigenvalue weighted by Crippen LogP contribution is -2.36. The van der Waals surface area contributed by atoms with Crippen LogP contribution in [0.15, 0.2) is 54.6 Å². The highest BCUT2D eigenvalue weighted by Crippen LogP contribution is 2.17. The molecule has 0 saturated heterocycles. The predicted molar refractivity (Wildman–Crippen MR) is 104 cm³/mol. The molecule has 3 aromatic rings. The van der Waals surface area contributed by atoms with Crippen molar-refractivity contribution in [2.45, 2.75) is 20.4 Å². The van der Waals surface area contributed by atoms with E-state index in [2.05, 4.69) is 15.7 Å². The molecular weight excluding hydrogens is 359 g/mol.